The first kappa shape index (κ1) is 17.2. The number of nitrogens with zero attached hydrogens (tertiary/aromatic N) is 2. The molecule has 1 fully saturated rings. The molecule has 3 nitrogen and oxygen atoms in total. The molecule has 0 atom stereocenters. The second-order valence-corrected chi connectivity index (χ2v) is 7.29. The van der Waals surface area contributed by atoms with Gasteiger partial charge in [0.25, 0.3) is 5.91 Å². The molecular formula is C20H23BrN2O. The minimum absolute atomic E-state index is 0.0639. The van der Waals surface area contributed by atoms with E-state index in [4.69, 9.17) is 0 Å². The predicted octanol–water partition coefficient (Wildman–Crippen LogP) is 4.32. The fourth-order valence-corrected chi connectivity index (χ4v) is 3.59. The molecule has 0 radical (unpaired) electrons. The van der Waals surface area contributed by atoms with Crippen LogP contribution in [0.15, 0.2) is 53.0 Å². The van der Waals surface area contributed by atoms with Crippen LogP contribution < -0.4 is 0 Å². The average molecular weight is 387 g/mol. The molecule has 3 rings (SSSR count). The zero-order valence-electron chi connectivity index (χ0n) is 14.0. The number of benzene rings is 2. The molecule has 1 aliphatic rings. The standard InChI is InChI=1S/C20H23BrN2O/c1-22(15-18-8-2-3-10-19(18)21)20(24)17-9-6-7-16(13-17)14-23-11-4-5-12-23/h2-3,6-10,13H,4-5,11-12,14-15H2,1H3. The summed E-state index contributed by atoms with van der Waals surface area (Å²) in [5, 5.41) is 0. The predicted molar refractivity (Wildman–Crippen MR) is 101 cm³/mol. The van der Waals surface area contributed by atoms with Gasteiger partial charge in [-0.15, -0.1) is 0 Å². The lowest BCUT2D eigenvalue weighted by atomic mass is 10.1. The Hall–Kier alpha value is -1.65. The molecule has 1 amide bonds. The van der Waals surface area contributed by atoms with E-state index in [1.807, 2.05) is 49.5 Å². The van der Waals surface area contributed by atoms with Crippen LogP contribution in [0.4, 0.5) is 0 Å². The third-order valence-electron chi connectivity index (χ3n) is 4.49. The summed E-state index contributed by atoms with van der Waals surface area (Å²) < 4.78 is 1.03. The number of hydrogen-bond donors (Lipinski definition) is 0. The molecule has 2 aromatic carbocycles. The van der Waals surface area contributed by atoms with Gasteiger partial charge in [-0.1, -0.05) is 46.3 Å². The highest BCUT2D eigenvalue weighted by Crippen LogP contribution is 2.19. The fourth-order valence-electron chi connectivity index (χ4n) is 3.18. The maximum atomic E-state index is 12.7. The molecule has 0 aromatic heterocycles. The van der Waals surface area contributed by atoms with Gasteiger partial charge in [0.2, 0.25) is 0 Å². The van der Waals surface area contributed by atoms with Crippen molar-refractivity contribution in [2.45, 2.75) is 25.9 Å². The quantitative estimate of drug-likeness (QED) is 0.763. The van der Waals surface area contributed by atoms with Crippen molar-refractivity contribution in [1.82, 2.24) is 9.80 Å². The van der Waals surface area contributed by atoms with Crippen molar-refractivity contribution in [2.24, 2.45) is 0 Å². The first-order chi connectivity index (χ1) is 11.6. The number of carbonyl (C=O) groups is 1. The summed E-state index contributed by atoms with van der Waals surface area (Å²) >= 11 is 3.55. The zero-order valence-corrected chi connectivity index (χ0v) is 15.6. The van der Waals surface area contributed by atoms with E-state index in [1.54, 1.807) is 4.90 Å². The lowest BCUT2D eigenvalue weighted by molar-refractivity contribution is 0.0784. The van der Waals surface area contributed by atoms with Crippen molar-refractivity contribution in [3.8, 4) is 0 Å². The number of halogens is 1. The smallest absolute Gasteiger partial charge is 0.253 e. The van der Waals surface area contributed by atoms with Crippen molar-refractivity contribution < 1.29 is 4.79 Å². The summed E-state index contributed by atoms with van der Waals surface area (Å²) in [6.45, 7) is 3.87. The van der Waals surface area contributed by atoms with Gasteiger partial charge in [-0.05, 0) is 55.3 Å². The maximum absolute atomic E-state index is 12.7. The Balaban J connectivity index is 1.68. The van der Waals surface area contributed by atoms with Crippen molar-refractivity contribution in [3.63, 3.8) is 0 Å². The van der Waals surface area contributed by atoms with E-state index in [9.17, 15) is 4.79 Å². The van der Waals surface area contributed by atoms with Gasteiger partial charge in [0.15, 0.2) is 0 Å². The molecule has 0 aliphatic carbocycles. The Labute approximate surface area is 152 Å². The summed E-state index contributed by atoms with van der Waals surface area (Å²) in [4.78, 5) is 17.0. The fraction of sp³-hybridized carbons (Fsp3) is 0.350. The molecule has 0 bridgehead atoms. The third-order valence-corrected chi connectivity index (χ3v) is 5.26. The number of rotatable bonds is 5. The van der Waals surface area contributed by atoms with Crippen molar-refractivity contribution in [2.75, 3.05) is 20.1 Å². The molecule has 0 unspecified atom stereocenters. The Morgan fingerprint density at radius 1 is 1.12 bits per heavy atom. The van der Waals surface area contributed by atoms with Gasteiger partial charge >= 0.3 is 0 Å². The van der Waals surface area contributed by atoms with Crippen LogP contribution in [-0.4, -0.2) is 35.8 Å². The number of hydrogen-bond acceptors (Lipinski definition) is 2. The monoisotopic (exact) mass is 386 g/mol. The molecule has 4 heteroatoms. The summed E-state index contributed by atoms with van der Waals surface area (Å²) in [6, 6.07) is 16.1. The molecule has 0 N–H and O–H groups in total. The molecule has 2 aromatic rings. The van der Waals surface area contributed by atoms with Gasteiger partial charge in [-0.3, -0.25) is 9.69 Å². The van der Waals surface area contributed by atoms with Crippen LogP contribution in [0.3, 0.4) is 0 Å². The normalized spacial score (nSPS) is 14.8. The van der Waals surface area contributed by atoms with Gasteiger partial charge < -0.3 is 4.90 Å². The zero-order chi connectivity index (χ0) is 16.9. The van der Waals surface area contributed by atoms with Gasteiger partial charge in [-0.25, -0.2) is 0 Å². The van der Waals surface area contributed by atoms with Crippen molar-refractivity contribution in [3.05, 3.63) is 69.7 Å². The Kier molecular flexibility index (Phi) is 5.69. The van der Waals surface area contributed by atoms with Crippen LogP contribution in [0, 0.1) is 0 Å². The highest BCUT2D eigenvalue weighted by molar-refractivity contribution is 9.10. The summed E-state index contributed by atoms with van der Waals surface area (Å²) in [5.41, 5.74) is 3.10. The number of carbonyl (C=O) groups excluding carboxylic acids is 1. The number of amides is 1. The topological polar surface area (TPSA) is 23.6 Å². The molecule has 1 aliphatic heterocycles. The third kappa shape index (κ3) is 4.25. The summed E-state index contributed by atoms with van der Waals surface area (Å²) in [5.74, 6) is 0.0639. The molecule has 0 spiro atoms. The molecule has 126 valence electrons. The van der Waals surface area contributed by atoms with Crippen LogP contribution in [-0.2, 0) is 13.1 Å². The second-order valence-electron chi connectivity index (χ2n) is 6.44. The number of likely N-dealkylation sites (tertiary alicyclic amines) is 1. The van der Waals surface area contributed by atoms with E-state index in [-0.39, 0.29) is 5.91 Å². The highest BCUT2D eigenvalue weighted by Gasteiger charge is 2.15. The Morgan fingerprint density at radius 2 is 1.88 bits per heavy atom. The molecular weight excluding hydrogens is 364 g/mol. The van der Waals surface area contributed by atoms with E-state index < -0.39 is 0 Å². The minimum atomic E-state index is 0.0639. The highest BCUT2D eigenvalue weighted by atomic mass is 79.9. The molecule has 1 saturated heterocycles. The van der Waals surface area contributed by atoms with E-state index in [0.29, 0.717) is 6.54 Å². The Bertz CT molecular complexity index is 710. The molecule has 0 saturated carbocycles. The van der Waals surface area contributed by atoms with Crippen LogP contribution in [0.25, 0.3) is 0 Å². The van der Waals surface area contributed by atoms with Crippen molar-refractivity contribution >= 4 is 21.8 Å². The van der Waals surface area contributed by atoms with Gasteiger partial charge in [-0.2, -0.15) is 0 Å². The molecule has 24 heavy (non-hydrogen) atoms. The molecule has 1 heterocycles. The lowest BCUT2D eigenvalue weighted by Crippen LogP contribution is -2.26. The van der Waals surface area contributed by atoms with E-state index >= 15 is 0 Å². The van der Waals surface area contributed by atoms with Crippen LogP contribution in [0.2, 0.25) is 0 Å². The van der Waals surface area contributed by atoms with E-state index in [0.717, 1.165) is 22.1 Å². The minimum Gasteiger partial charge on any atom is -0.337 e. The lowest BCUT2D eigenvalue weighted by Gasteiger charge is -2.19. The van der Waals surface area contributed by atoms with Crippen LogP contribution in [0.5, 0.6) is 0 Å². The van der Waals surface area contributed by atoms with Gasteiger partial charge in [0.05, 0.1) is 0 Å². The Morgan fingerprint density at radius 3 is 2.62 bits per heavy atom. The summed E-state index contributed by atoms with van der Waals surface area (Å²) in [7, 11) is 1.86. The second kappa shape index (κ2) is 7.95. The SMILES string of the molecule is CN(Cc1ccccc1Br)C(=O)c1cccc(CN2CCCC2)c1. The van der Waals surface area contributed by atoms with Gasteiger partial charge in [0, 0.05) is 30.2 Å². The maximum Gasteiger partial charge on any atom is 0.253 e. The first-order valence-electron chi connectivity index (χ1n) is 8.43. The summed E-state index contributed by atoms with van der Waals surface area (Å²) in [6.07, 6.45) is 2.57. The first-order valence-corrected chi connectivity index (χ1v) is 9.23. The van der Waals surface area contributed by atoms with E-state index in [1.165, 1.54) is 31.5 Å². The largest absolute Gasteiger partial charge is 0.337 e. The van der Waals surface area contributed by atoms with Gasteiger partial charge in [0.1, 0.15) is 0 Å². The van der Waals surface area contributed by atoms with Crippen LogP contribution in [0.1, 0.15) is 34.3 Å². The van der Waals surface area contributed by atoms with E-state index in [2.05, 4.69) is 26.9 Å². The van der Waals surface area contributed by atoms with Crippen molar-refractivity contribution in [1.29, 1.82) is 0 Å². The van der Waals surface area contributed by atoms with Crippen LogP contribution >= 0.6 is 15.9 Å². The average Bonchev–Trinajstić information content (AvgIpc) is 3.09.